The number of hydrogen-bond donors (Lipinski definition) is 2. The van der Waals surface area contributed by atoms with E-state index < -0.39 is 0 Å². The molecule has 1 saturated heterocycles. The molecule has 0 bridgehead atoms. The third-order valence-corrected chi connectivity index (χ3v) is 5.94. The van der Waals surface area contributed by atoms with Crippen LogP contribution in [0.25, 0.3) is 0 Å². The topological polar surface area (TPSA) is 48.9 Å². The summed E-state index contributed by atoms with van der Waals surface area (Å²) in [6, 6.07) is 13.4. The van der Waals surface area contributed by atoms with Crippen molar-refractivity contribution >= 4 is 17.3 Å². The van der Waals surface area contributed by atoms with Crippen molar-refractivity contribution in [2.24, 2.45) is 4.99 Å². The van der Waals surface area contributed by atoms with E-state index in [0.29, 0.717) is 6.04 Å². The number of benzene rings is 1. The number of aryl methyl sites for hydroxylation is 2. The summed E-state index contributed by atoms with van der Waals surface area (Å²) in [5.74, 6) is 0.835. The van der Waals surface area contributed by atoms with E-state index in [-0.39, 0.29) is 0 Å². The van der Waals surface area contributed by atoms with Crippen LogP contribution < -0.4 is 10.6 Å². The molecule has 1 aromatic heterocycles. The number of nitrogens with zero attached hydrogens (tertiary/aromatic N) is 2. The lowest BCUT2D eigenvalue weighted by molar-refractivity contribution is 0.0177. The van der Waals surface area contributed by atoms with E-state index in [1.54, 1.807) is 0 Å². The Balaban J connectivity index is 1.59. The lowest BCUT2D eigenvalue weighted by atomic mass is 10.1. The van der Waals surface area contributed by atoms with Crippen LogP contribution >= 0.6 is 11.3 Å². The molecule has 1 unspecified atom stereocenters. The Morgan fingerprint density at radius 2 is 1.85 bits per heavy atom. The molecule has 3 rings (SSSR count). The lowest BCUT2D eigenvalue weighted by Crippen LogP contribution is -2.46. The second-order valence-electron chi connectivity index (χ2n) is 6.90. The van der Waals surface area contributed by atoms with Crippen LogP contribution in [0.1, 0.15) is 26.9 Å². The van der Waals surface area contributed by atoms with E-state index in [4.69, 9.17) is 4.74 Å². The largest absolute Gasteiger partial charge is 0.379 e. The Hall–Kier alpha value is -1.89. The van der Waals surface area contributed by atoms with E-state index in [1.807, 2.05) is 18.4 Å². The first-order valence-electron chi connectivity index (χ1n) is 9.54. The molecule has 2 heterocycles. The summed E-state index contributed by atoms with van der Waals surface area (Å²) in [5, 5.41) is 6.94. The van der Waals surface area contributed by atoms with E-state index in [0.717, 1.165) is 45.4 Å². The average molecular weight is 387 g/mol. The molecule has 1 aliphatic heterocycles. The minimum atomic E-state index is 0.338. The summed E-state index contributed by atoms with van der Waals surface area (Å²) < 4.78 is 5.54. The van der Waals surface area contributed by atoms with Gasteiger partial charge >= 0.3 is 0 Å². The second kappa shape index (κ2) is 9.88. The van der Waals surface area contributed by atoms with Crippen molar-refractivity contribution in [3.8, 4) is 0 Å². The maximum Gasteiger partial charge on any atom is 0.191 e. The summed E-state index contributed by atoms with van der Waals surface area (Å²) in [7, 11) is 1.82. The Morgan fingerprint density at radius 3 is 2.48 bits per heavy atom. The van der Waals surface area contributed by atoms with Crippen LogP contribution in [-0.4, -0.2) is 50.8 Å². The Kier molecular flexibility index (Phi) is 7.26. The van der Waals surface area contributed by atoms with Gasteiger partial charge < -0.3 is 15.4 Å². The molecular formula is C21H30N4OS. The zero-order valence-corrected chi connectivity index (χ0v) is 17.3. The summed E-state index contributed by atoms with van der Waals surface area (Å²) in [4.78, 5) is 9.65. The van der Waals surface area contributed by atoms with Crippen LogP contribution in [0, 0.1) is 13.8 Å². The zero-order valence-electron chi connectivity index (χ0n) is 16.5. The summed E-state index contributed by atoms with van der Waals surface area (Å²) in [5.41, 5.74) is 2.53. The normalized spacial score (nSPS) is 16.9. The number of ether oxygens (including phenoxy) is 1. The molecule has 1 atom stereocenters. The van der Waals surface area contributed by atoms with Crippen molar-refractivity contribution in [3.63, 3.8) is 0 Å². The molecule has 5 nitrogen and oxygen atoms in total. The smallest absolute Gasteiger partial charge is 0.191 e. The van der Waals surface area contributed by atoms with Crippen LogP contribution in [0.5, 0.6) is 0 Å². The molecule has 0 radical (unpaired) electrons. The molecule has 2 N–H and O–H groups in total. The number of hydrogen-bond acceptors (Lipinski definition) is 4. The molecule has 0 aliphatic carbocycles. The highest BCUT2D eigenvalue weighted by Crippen LogP contribution is 2.27. The predicted octanol–water partition coefficient (Wildman–Crippen LogP) is 3.10. The number of guanidine groups is 1. The van der Waals surface area contributed by atoms with Gasteiger partial charge in [0.1, 0.15) is 0 Å². The van der Waals surface area contributed by atoms with Crippen molar-refractivity contribution < 1.29 is 4.74 Å². The van der Waals surface area contributed by atoms with Crippen LogP contribution in [-0.2, 0) is 11.3 Å². The highest BCUT2D eigenvalue weighted by molar-refractivity contribution is 7.12. The first-order chi connectivity index (χ1) is 13.2. The molecule has 6 heteroatoms. The van der Waals surface area contributed by atoms with Crippen molar-refractivity contribution in [3.05, 3.63) is 57.3 Å². The summed E-state index contributed by atoms with van der Waals surface area (Å²) in [6.07, 6.45) is 0. The van der Waals surface area contributed by atoms with Gasteiger partial charge in [-0.3, -0.25) is 9.89 Å². The fourth-order valence-electron chi connectivity index (χ4n) is 3.24. The molecule has 146 valence electrons. The van der Waals surface area contributed by atoms with Crippen LogP contribution in [0.15, 0.2) is 41.4 Å². The fourth-order valence-corrected chi connectivity index (χ4v) is 4.25. The van der Waals surface area contributed by atoms with Gasteiger partial charge in [0.2, 0.25) is 0 Å². The molecule has 1 fully saturated rings. The van der Waals surface area contributed by atoms with Gasteiger partial charge in [0.05, 0.1) is 19.3 Å². The summed E-state index contributed by atoms with van der Waals surface area (Å²) in [6.45, 7) is 9.42. The molecule has 0 spiro atoms. The Morgan fingerprint density at radius 1 is 1.11 bits per heavy atom. The SMILES string of the molecule is CN=C(NCc1ccc(C)cc1)NCC(c1ccc(C)s1)N1CCOCC1. The highest BCUT2D eigenvalue weighted by atomic mass is 32.1. The monoisotopic (exact) mass is 386 g/mol. The van der Waals surface area contributed by atoms with E-state index in [1.165, 1.54) is 20.9 Å². The average Bonchev–Trinajstić information content (AvgIpc) is 3.12. The number of thiophene rings is 1. The summed E-state index contributed by atoms with van der Waals surface area (Å²) >= 11 is 1.88. The third kappa shape index (κ3) is 5.79. The van der Waals surface area contributed by atoms with Gasteiger partial charge in [0.15, 0.2) is 5.96 Å². The second-order valence-corrected chi connectivity index (χ2v) is 8.22. The molecule has 2 aromatic rings. The number of morpholine rings is 1. The van der Waals surface area contributed by atoms with Gasteiger partial charge in [0, 0.05) is 43.0 Å². The van der Waals surface area contributed by atoms with Gasteiger partial charge in [0.25, 0.3) is 0 Å². The standard InChI is InChI=1S/C21H30N4OS/c1-16-4-7-18(8-5-16)14-23-21(22-3)24-15-19(20-9-6-17(2)27-20)25-10-12-26-13-11-25/h4-9,19H,10-15H2,1-3H3,(H2,22,23,24). The molecule has 1 aromatic carbocycles. The van der Waals surface area contributed by atoms with Crippen LogP contribution in [0.4, 0.5) is 0 Å². The number of rotatable bonds is 6. The number of aliphatic imine (C=N–C) groups is 1. The van der Waals surface area contributed by atoms with E-state index in [2.05, 4.69) is 70.8 Å². The van der Waals surface area contributed by atoms with Gasteiger partial charge in [-0.25, -0.2) is 0 Å². The van der Waals surface area contributed by atoms with Crippen molar-refractivity contribution in [2.45, 2.75) is 26.4 Å². The van der Waals surface area contributed by atoms with E-state index >= 15 is 0 Å². The third-order valence-electron chi connectivity index (χ3n) is 4.84. The molecular weight excluding hydrogens is 356 g/mol. The predicted molar refractivity (Wildman–Crippen MR) is 114 cm³/mol. The Labute approximate surface area is 166 Å². The highest BCUT2D eigenvalue weighted by Gasteiger charge is 2.24. The fraction of sp³-hybridized carbons (Fsp3) is 0.476. The zero-order chi connectivity index (χ0) is 19.1. The minimum Gasteiger partial charge on any atom is -0.379 e. The molecule has 0 amide bonds. The first-order valence-corrected chi connectivity index (χ1v) is 10.4. The molecule has 27 heavy (non-hydrogen) atoms. The quantitative estimate of drug-likeness (QED) is 0.592. The van der Waals surface area contributed by atoms with Crippen molar-refractivity contribution in [1.29, 1.82) is 0 Å². The van der Waals surface area contributed by atoms with Crippen molar-refractivity contribution in [2.75, 3.05) is 39.9 Å². The molecule has 0 saturated carbocycles. The van der Waals surface area contributed by atoms with E-state index in [9.17, 15) is 0 Å². The molecule has 1 aliphatic rings. The lowest BCUT2D eigenvalue weighted by Gasteiger charge is -2.34. The maximum absolute atomic E-state index is 5.54. The van der Waals surface area contributed by atoms with Gasteiger partial charge in [-0.1, -0.05) is 29.8 Å². The van der Waals surface area contributed by atoms with Crippen LogP contribution in [0.3, 0.4) is 0 Å². The van der Waals surface area contributed by atoms with Crippen molar-refractivity contribution in [1.82, 2.24) is 15.5 Å². The maximum atomic E-state index is 5.54. The van der Waals surface area contributed by atoms with Gasteiger partial charge in [-0.15, -0.1) is 11.3 Å². The Bertz CT molecular complexity index is 735. The van der Waals surface area contributed by atoms with Gasteiger partial charge in [-0.2, -0.15) is 0 Å². The minimum absolute atomic E-state index is 0.338. The van der Waals surface area contributed by atoms with Crippen LogP contribution in [0.2, 0.25) is 0 Å². The number of nitrogens with one attached hydrogen (secondary N) is 2. The van der Waals surface area contributed by atoms with Gasteiger partial charge in [-0.05, 0) is 31.5 Å². The first kappa shape index (κ1) is 19.9.